The van der Waals surface area contributed by atoms with Crippen molar-refractivity contribution in [3.05, 3.63) is 59.1 Å². The normalized spacial score (nSPS) is 11.3. The molecule has 0 saturated carbocycles. The van der Waals surface area contributed by atoms with E-state index in [1.165, 1.54) is 0 Å². The summed E-state index contributed by atoms with van der Waals surface area (Å²) in [5.74, 6) is 2.00. The van der Waals surface area contributed by atoms with E-state index in [4.69, 9.17) is 18.1 Å². The van der Waals surface area contributed by atoms with Gasteiger partial charge in [0, 0.05) is 19.2 Å². The fourth-order valence-corrected chi connectivity index (χ4v) is 3.50. The highest BCUT2D eigenvalue weighted by Crippen LogP contribution is 2.31. The number of carbonyl (C=O) groups excluding carboxylic acids is 1. The zero-order chi connectivity index (χ0) is 21.3. The molecular weight excluding hydrogens is 386 g/mol. The fourth-order valence-electron chi connectivity index (χ4n) is 3.50. The van der Waals surface area contributed by atoms with Crippen LogP contribution in [0.25, 0.3) is 22.4 Å². The molecule has 4 aromatic heterocycles. The average molecular weight is 409 g/mol. The molecule has 0 aliphatic carbocycles. The van der Waals surface area contributed by atoms with Gasteiger partial charge in [0.15, 0.2) is 0 Å². The zero-order valence-electron chi connectivity index (χ0n) is 17.4. The first-order valence-corrected chi connectivity index (χ1v) is 9.63. The van der Waals surface area contributed by atoms with Gasteiger partial charge in [-0.05, 0) is 45.0 Å². The van der Waals surface area contributed by atoms with Gasteiger partial charge in [0.2, 0.25) is 0 Å². The molecular formula is C22H23N3O5. The van der Waals surface area contributed by atoms with Gasteiger partial charge in [-0.1, -0.05) is 5.16 Å². The van der Waals surface area contributed by atoms with Crippen LogP contribution in [0.1, 0.15) is 33.3 Å². The number of fused-ring (bicyclic) bond motifs is 1. The Morgan fingerprint density at radius 1 is 1.23 bits per heavy atom. The van der Waals surface area contributed by atoms with Gasteiger partial charge in [-0.25, -0.2) is 4.98 Å². The summed E-state index contributed by atoms with van der Waals surface area (Å²) in [7, 11) is 1.60. The minimum atomic E-state index is -0.179. The molecule has 1 amide bonds. The van der Waals surface area contributed by atoms with Crippen molar-refractivity contribution < 1.29 is 22.9 Å². The number of rotatable bonds is 7. The van der Waals surface area contributed by atoms with E-state index >= 15 is 0 Å². The lowest BCUT2D eigenvalue weighted by molar-refractivity contribution is 0.0668. The van der Waals surface area contributed by atoms with E-state index in [1.807, 2.05) is 26.0 Å². The standard InChI is InChI=1S/C22H23N3O5/c1-13-10-17(15(3)29-13)19-11-18(20-14(2)24-30-21(20)23-19)22(26)25(7-9-27-4)12-16-6-5-8-28-16/h5-6,8,10-11H,7,9,12H2,1-4H3. The Bertz CT molecular complexity index is 1170. The number of carbonyl (C=O) groups is 1. The van der Waals surface area contributed by atoms with E-state index in [1.54, 1.807) is 37.3 Å². The minimum absolute atomic E-state index is 0.179. The zero-order valence-corrected chi connectivity index (χ0v) is 17.4. The van der Waals surface area contributed by atoms with Gasteiger partial charge >= 0.3 is 0 Å². The van der Waals surface area contributed by atoms with Gasteiger partial charge in [0.25, 0.3) is 11.6 Å². The second kappa shape index (κ2) is 8.16. The molecule has 30 heavy (non-hydrogen) atoms. The number of aryl methyl sites for hydroxylation is 3. The Labute approximate surface area is 173 Å². The number of furan rings is 2. The maximum Gasteiger partial charge on any atom is 0.259 e. The lowest BCUT2D eigenvalue weighted by Gasteiger charge is -2.22. The van der Waals surface area contributed by atoms with Gasteiger partial charge in [0.05, 0.1) is 41.8 Å². The molecule has 0 aliphatic rings. The fraction of sp³-hybridized carbons (Fsp3) is 0.318. The molecule has 8 heteroatoms. The van der Waals surface area contributed by atoms with E-state index < -0.39 is 0 Å². The van der Waals surface area contributed by atoms with Gasteiger partial charge in [-0.3, -0.25) is 4.79 Å². The van der Waals surface area contributed by atoms with E-state index in [9.17, 15) is 4.79 Å². The van der Waals surface area contributed by atoms with Crippen LogP contribution in [0.4, 0.5) is 0 Å². The predicted octanol–water partition coefficient (Wildman–Crippen LogP) is 4.29. The maximum absolute atomic E-state index is 13.6. The Morgan fingerprint density at radius 3 is 2.73 bits per heavy atom. The van der Waals surface area contributed by atoms with Crippen molar-refractivity contribution in [1.29, 1.82) is 0 Å². The highest BCUT2D eigenvalue weighted by atomic mass is 16.5. The van der Waals surface area contributed by atoms with Gasteiger partial charge in [-0.15, -0.1) is 0 Å². The van der Waals surface area contributed by atoms with Crippen LogP contribution in [-0.4, -0.2) is 41.2 Å². The van der Waals surface area contributed by atoms with Gasteiger partial charge < -0.3 is 23.0 Å². The summed E-state index contributed by atoms with van der Waals surface area (Å²) in [4.78, 5) is 19.9. The van der Waals surface area contributed by atoms with Crippen molar-refractivity contribution in [3.8, 4) is 11.3 Å². The molecule has 156 valence electrons. The summed E-state index contributed by atoms with van der Waals surface area (Å²) in [6.07, 6.45) is 1.59. The molecule has 0 fully saturated rings. The van der Waals surface area contributed by atoms with Crippen molar-refractivity contribution in [1.82, 2.24) is 15.0 Å². The molecule has 0 spiro atoms. The summed E-state index contributed by atoms with van der Waals surface area (Å²) in [6.45, 7) is 6.66. The molecule has 0 bridgehead atoms. The minimum Gasteiger partial charge on any atom is -0.467 e. The summed E-state index contributed by atoms with van der Waals surface area (Å²) < 4.78 is 21.7. The molecule has 4 heterocycles. The highest BCUT2D eigenvalue weighted by Gasteiger charge is 2.25. The van der Waals surface area contributed by atoms with Gasteiger partial charge in [0.1, 0.15) is 17.3 Å². The van der Waals surface area contributed by atoms with E-state index in [0.717, 1.165) is 17.1 Å². The average Bonchev–Trinajstić information content (AvgIpc) is 3.45. The number of ether oxygens (including phenoxy) is 1. The smallest absolute Gasteiger partial charge is 0.259 e. The molecule has 0 atom stereocenters. The predicted molar refractivity (Wildman–Crippen MR) is 109 cm³/mol. The summed E-state index contributed by atoms with van der Waals surface area (Å²) in [5.41, 5.74) is 2.80. The Balaban J connectivity index is 1.81. The molecule has 0 saturated heterocycles. The van der Waals surface area contributed by atoms with Crippen LogP contribution in [0.15, 0.2) is 43.9 Å². The van der Waals surface area contributed by atoms with Crippen LogP contribution in [0.2, 0.25) is 0 Å². The third-order valence-electron chi connectivity index (χ3n) is 4.94. The van der Waals surface area contributed by atoms with E-state index in [0.29, 0.717) is 53.5 Å². The van der Waals surface area contributed by atoms with Crippen LogP contribution in [0.3, 0.4) is 0 Å². The molecule has 0 aromatic carbocycles. The molecule has 0 radical (unpaired) electrons. The number of hydrogen-bond donors (Lipinski definition) is 0. The van der Waals surface area contributed by atoms with E-state index in [2.05, 4.69) is 10.1 Å². The van der Waals surface area contributed by atoms with Crippen LogP contribution >= 0.6 is 0 Å². The van der Waals surface area contributed by atoms with Crippen molar-refractivity contribution in [2.75, 3.05) is 20.3 Å². The quantitative estimate of drug-likeness (QED) is 0.449. The summed E-state index contributed by atoms with van der Waals surface area (Å²) >= 11 is 0. The number of nitrogens with zero attached hydrogens (tertiary/aromatic N) is 3. The third-order valence-corrected chi connectivity index (χ3v) is 4.94. The number of methoxy groups -OCH3 is 1. The first kappa shape index (κ1) is 19.9. The largest absolute Gasteiger partial charge is 0.467 e. The number of amides is 1. The van der Waals surface area contributed by atoms with Crippen LogP contribution in [0, 0.1) is 20.8 Å². The third kappa shape index (κ3) is 3.73. The second-order valence-corrected chi connectivity index (χ2v) is 7.13. The Morgan fingerprint density at radius 2 is 2.07 bits per heavy atom. The number of pyridine rings is 1. The SMILES string of the molecule is COCCN(Cc1ccco1)C(=O)c1cc(-c2cc(C)oc2C)nc2onc(C)c12. The molecule has 0 unspecified atom stereocenters. The molecule has 4 aromatic rings. The molecule has 4 rings (SSSR count). The van der Waals surface area contributed by atoms with Crippen molar-refractivity contribution in [2.24, 2.45) is 0 Å². The molecule has 0 aliphatic heterocycles. The van der Waals surface area contributed by atoms with Crippen molar-refractivity contribution in [3.63, 3.8) is 0 Å². The first-order chi connectivity index (χ1) is 14.5. The lowest BCUT2D eigenvalue weighted by atomic mass is 10.0. The van der Waals surface area contributed by atoms with Crippen molar-refractivity contribution in [2.45, 2.75) is 27.3 Å². The van der Waals surface area contributed by atoms with Gasteiger partial charge in [-0.2, -0.15) is 0 Å². The molecule has 0 N–H and O–H groups in total. The lowest BCUT2D eigenvalue weighted by Crippen LogP contribution is -2.33. The van der Waals surface area contributed by atoms with Crippen molar-refractivity contribution >= 4 is 17.0 Å². The second-order valence-electron chi connectivity index (χ2n) is 7.13. The topological polar surface area (TPSA) is 94.7 Å². The van der Waals surface area contributed by atoms with Crippen LogP contribution in [0.5, 0.6) is 0 Å². The monoisotopic (exact) mass is 409 g/mol. The first-order valence-electron chi connectivity index (χ1n) is 9.63. The number of hydrogen-bond acceptors (Lipinski definition) is 7. The van der Waals surface area contributed by atoms with Crippen LogP contribution < -0.4 is 0 Å². The maximum atomic E-state index is 13.6. The summed E-state index contributed by atoms with van der Waals surface area (Å²) in [5, 5.41) is 4.62. The van der Waals surface area contributed by atoms with E-state index in [-0.39, 0.29) is 5.91 Å². The highest BCUT2D eigenvalue weighted by molar-refractivity contribution is 6.07. The number of aromatic nitrogens is 2. The van der Waals surface area contributed by atoms with Crippen LogP contribution in [-0.2, 0) is 11.3 Å². The Hall–Kier alpha value is -3.39. The Kier molecular flexibility index (Phi) is 5.41. The summed E-state index contributed by atoms with van der Waals surface area (Å²) in [6, 6.07) is 7.30. The molecule has 8 nitrogen and oxygen atoms in total.